The second-order valence-corrected chi connectivity index (χ2v) is 9.30. The van der Waals surface area contributed by atoms with Crippen molar-refractivity contribution < 1.29 is 14.6 Å². The van der Waals surface area contributed by atoms with Crippen LogP contribution < -0.4 is 0 Å². The molecule has 2 fully saturated rings. The molecule has 3 aliphatic rings. The standard InChI is InChI=1S/C20H25IO3/c1-11(22)24-19-6-5-16-14-4-3-12-9-18(23)17(21)10-15(12)13(14)7-8-20(16,19)2/h9-10,13-14,16,19,23H,3-8H2,1-2H3/t13-,14+,16-,19-,20-/m0/s1. The number of rotatable bonds is 1. The molecule has 1 aromatic carbocycles. The average Bonchev–Trinajstić information content (AvgIpc) is 2.85. The molecule has 0 aromatic heterocycles. The van der Waals surface area contributed by atoms with Gasteiger partial charge in [-0.2, -0.15) is 0 Å². The van der Waals surface area contributed by atoms with Gasteiger partial charge in [0, 0.05) is 12.3 Å². The molecule has 130 valence electrons. The molecule has 0 spiro atoms. The van der Waals surface area contributed by atoms with Gasteiger partial charge in [-0.3, -0.25) is 4.79 Å². The van der Waals surface area contributed by atoms with E-state index in [0.29, 0.717) is 23.5 Å². The van der Waals surface area contributed by atoms with Gasteiger partial charge in [-0.05, 0) is 102 Å². The van der Waals surface area contributed by atoms with Crippen LogP contribution in [0.25, 0.3) is 0 Å². The molecule has 0 saturated heterocycles. The van der Waals surface area contributed by atoms with Crippen LogP contribution in [0.5, 0.6) is 5.75 Å². The van der Waals surface area contributed by atoms with Crippen molar-refractivity contribution in [2.45, 2.75) is 64.4 Å². The summed E-state index contributed by atoms with van der Waals surface area (Å²) in [4.78, 5) is 11.5. The van der Waals surface area contributed by atoms with Crippen LogP contribution in [0.3, 0.4) is 0 Å². The maximum Gasteiger partial charge on any atom is 0.302 e. The Morgan fingerprint density at radius 3 is 2.83 bits per heavy atom. The highest BCUT2D eigenvalue weighted by atomic mass is 127. The lowest BCUT2D eigenvalue weighted by atomic mass is 9.55. The smallest absolute Gasteiger partial charge is 0.302 e. The van der Waals surface area contributed by atoms with Crippen molar-refractivity contribution in [3.63, 3.8) is 0 Å². The van der Waals surface area contributed by atoms with Gasteiger partial charge >= 0.3 is 5.97 Å². The second-order valence-electron chi connectivity index (χ2n) is 8.14. The van der Waals surface area contributed by atoms with Crippen LogP contribution >= 0.6 is 22.6 Å². The van der Waals surface area contributed by atoms with Crippen molar-refractivity contribution in [3.05, 3.63) is 26.8 Å². The lowest BCUT2D eigenvalue weighted by molar-refractivity contribution is -0.154. The number of phenols is 1. The van der Waals surface area contributed by atoms with Crippen molar-refractivity contribution >= 4 is 28.6 Å². The van der Waals surface area contributed by atoms with Gasteiger partial charge in [0.15, 0.2) is 0 Å². The van der Waals surface area contributed by atoms with Crippen LogP contribution in [0, 0.1) is 20.8 Å². The van der Waals surface area contributed by atoms with Crippen molar-refractivity contribution in [1.29, 1.82) is 0 Å². The van der Waals surface area contributed by atoms with Gasteiger partial charge in [0.2, 0.25) is 0 Å². The molecule has 1 N–H and O–H groups in total. The number of fused-ring (bicyclic) bond motifs is 5. The Bertz CT molecular complexity index is 686. The summed E-state index contributed by atoms with van der Waals surface area (Å²) in [6.45, 7) is 3.89. The highest BCUT2D eigenvalue weighted by Crippen LogP contribution is 2.61. The van der Waals surface area contributed by atoms with E-state index in [1.165, 1.54) is 37.3 Å². The maximum absolute atomic E-state index is 11.5. The molecule has 4 rings (SSSR count). The summed E-state index contributed by atoms with van der Waals surface area (Å²) in [5, 5.41) is 10.0. The number of esters is 1. The minimum Gasteiger partial charge on any atom is -0.507 e. The molecular formula is C20H25IO3. The third-order valence-corrected chi connectivity index (χ3v) is 7.88. The third-order valence-electron chi connectivity index (χ3n) is 7.01. The van der Waals surface area contributed by atoms with Crippen LogP contribution in [0.15, 0.2) is 12.1 Å². The predicted octanol–water partition coefficient (Wildman–Crippen LogP) is 4.78. The van der Waals surface area contributed by atoms with E-state index in [2.05, 4.69) is 35.6 Å². The van der Waals surface area contributed by atoms with Gasteiger partial charge in [0.05, 0.1) is 3.57 Å². The van der Waals surface area contributed by atoms with E-state index in [1.54, 1.807) is 0 Å². The number of benzene rings is 1. The predicted molar refractivity (Wildman–Crippen MR) is 101 cm³/mol. The zero-order chi connectivity index (χ0) is 17.1. The van der Waals surface area contributed by atoms with Gasteiger partial charge in [-0.25, -0.2) is 0 Å². The minimum absolute atomic E-state index is 0.0994. The molecule has 0 aliphatic heterocycles. The number of halogens is 1. The van der Waals surface area contributed by atoms with E-state index < -0.39 is 0 Å². The highest BCUT2D eigenvalue weighted by Gasteiger charge is 2.56. The Balaban J connectivity index is 1.65. The Labute approximate surface area is 157 Å². The van der Waals surface area contributed by atoms with Gasteiger partial charge in [0.1, 0.15) is 11.9 Å². The third kappa shape index (κ3) is 2.47. The van der Waals surface area contributed by atoms with E-state index in [9.17, 15) is 9.90 Å². The molecule has 5 atom stereocenters. The molecule has 1 aromatic rings. The fourth-order valence-electron chi connectivity index (χ4n) is 5.93. The van der Waals surface area contributed by atoms with Crippen molar-refractivity contribution in [1.82, 2.24) is 0 Å². The van der Waals surface area contributed by atoms with Gasteiger partial charge in [-0.15, -0.1) is 0 Å². The van der Waals surface area contributed by atoms with Crippen LogP contribution in [0.2, 0.25) is 0 Å². The Morgan fingerprint density at radius 2 is 2.08 bits per heavy atom. The van der Waals surface area contributed by atoms with E-state index in [-0.39, 0.29) is 17.5 Å². The van der Waals surface area contributed by atoms with Crippen LogP contribution in [0.1, 0.15) is 63.0 Å². The molecule has 0 bridgehead atoms. The number of hydrogen-bond donors (Lipinski definition) is 1. The summed E-state index contributed by atoms with van der Waals surface area (Å²) >= 11 is 2.24. The molecule has 0 radical (unpaired) electrons. The Hall–Kier alpha value is -0.780. The summed E-state index contributed by atoms with van der Waals surface area (Å²) in [6.07, 6.45) is 6.86. The maximum atomic E-state index is 11.5. The summed E-state index contributed by atoms with van der Waals surface area (Å²) in [5.41, 5.74) is 2.95. The van der Waals surface area contributed by atoms with Crippen molar-refractivity contribution in [2.24, 2.45) is 17.3 Å². The summed E-state index contributed by atoms with van der Waals surface area (Å²) < 4.78 is 6.66. The van der Waals surface area contributed by atoms with E-state index in [4.69, 9.17) is 4.74 Å². The normalized spacial score (nSPS) is 37.3. The molecular weight excluding hydrogens is 415 g/mol. The molecule has 3 nitrogen and oxygen atoms in total. The van der Waals surface area contributed by atoms with Crippen LogP contribution in [-0.4, -0.2) is 17.2 Å². The first-order valence-electron chi connectivity index (χ1n) is 9.08. The van der Waals surface area contributed by atoms with Gasteiger partial charge in [0.25, 0.3) is 0 Å². The van der Waals surface area contributed by atoms with E-state index in [0.717, 1.165) is 22.8 Å². The Kier molecular flexibility index (Phi) is 4.09. The molecule has 0 amide bonds. The number of carbonyl (C=O) groups excluding carboxylic acids is 1. The monoisotopic (exact) mass is 440 g/mol. The zero-order valence-corrected chi connectivity index (χ0v) is 16.5. The topological polar surface area (TPSA) is 46.5 Å². The first kappa shape index (κ1) is 16.7. The number of ether oxygens (including phenoxy) is 1. The van der Waals surface area contributed by atoms with Crippen LogP contribution in [0.4, 0.5) is 0 Å². The lowest BCUT2D eigenvalue weighted by Gasteiger charge is -2.50. The summed E-state index contributed by atoms with van der Waals surface area (Å²) in [5.74, 6) is 2.24. The molecule has 2 saturated carbocycles. The van der Waals surface area contributed by atoms with Gasteiger partial charge in [-0.1, -0.05) is 6.92 Å². The quantitative estimate of drug-likeness (QED) is 0.505. The molecule has 4 heteroatoms. The van der Waals surface area contributed by atoms with Crippen molar-refractivity contribution in [3.8, 4) is 5.75 Å². The second kappa shape index (κ2) is 5.89. The molecule has 24 heavy (non-hydrogen) atoms. The largest absolute Gasteiger partial charge is 0.507 e. The zero-order valence-electron chi connectivity index (χ0n) is 14.3. The van der Waals surface area contributed by atoms with E-state index in [1.807, 2.05) is 6.07 Å². The highest BCUT2D eigenvalue weighted by molar-refractivity contribution is 14.1. The van der Waals surface area contributed by atoms with E-state index >= 15 is 0 Å². The fourth-order valence-corrected chi connectivity index (χ4v) is 6.42. The number of hydrogen-bond acceptors (Lipinski definition) is 3. The van der Waals surface area contributed by atoms with Gasteiger partial charge < -0.3 is 9.84 Å². The summed E-state index contributed by atoms with van der Waals surface area (Å²) in [6, 6.07) is 4.20. The minimum atomic E-state index is -0.136. The first-order chi connectivity index (χ1) is 11.4. The SMILES string of the molecule is CC(=O)O[C@H]1CC[C@H]2[C@@H]3CCc4cc(O)c(I)cc4[C@H]3CC[C@]12C. The number of aromatic hydroxyl groups is 1. The molecule has 0 heterocycles. The molecule has 0 unspecified atom stereocenters. The molecule has 3 aliphatic carbocycles. The Morgan fingerprint density at radius 1 is 1.29 bits per heavy atom. The average molecular weight is 440 g/mol. The van der Waals surface area contributed by atoms with Crippen LogP contribution in [-0.2, 0) is 16.0 Å². The number of aryl methyl sites for hydroxylation is 1. The lowest BCUT2D eigenvalue weighted by Crippen LogP contribution is -2.45. The number of carbonyl (C=O) groups is 1. The fraction of sp³-hybridized carbons (Fsp3) is 0.650. The van der Waals surface area contributed by atoms with Crippen molar-refractivity contribution in [2.75, 3.05) is 0 Å². The first-order valence-corrected chi connectivity index (χ1v) is 10.2. The number of phenolic OH excluding ortho intramolecular Hbond substituents is 1. The summed E-state index contributed by atoms with van der Waals surface area (Å²) in [7, 11) is 0.